The second-order valence-electron chi connectivity index (χ2n) is 1.27. The highest BCUT2D eigenvalue weighted by Crippen LogP contribution is 1.69. The van der Waals surface area contributed by atoms with Gasteiger partial charge in [-0.1, -0.05) is 6.58 Å². The molecular formula is C5H8N2O3. The summed E-state index contributed by atoms with van der Waals surface area (Å²) < 4.78 is 0. The third kappa shape index (κ3) is 4.79. The first-order valence-electron chi connectivity index (χ1n) is 2.54. The van der Waals surface area contributed by atoms with E-state index >= 15 is 0 Å². The minimum atomic E-state index is -0.590. The molecule has 5 nitrogen and oxygen atoms in total. The van der Waals surface area contributed by atoms with E-state index in [9.17, 15) is 9.59 Å². The van der Waals surface area contributed by atoms with Gasteiger partial charge in [0.1, 0.15) is 6.67 Å². The van der Waals surface area contributed by atoms with Gasteiger partial charge in [0, 0.05) is 6.08 Å². The second-order valence-corrected chi connectivity index (χ2v) is 1.27. The Morgan fingerprint density at radius 3 is 2.90 bits per heavy atom. The summed E-state index contributed by atoms with van der Waals surface area (Å²) in [6.45, 7) is 3.24. The predicted octanol–water partition coefficient (Wildman–Crippen LogP) is -1.08. The van der Waals surface area contributed by atoms with E-state index in [1.54, 1.807) is 0 Å². The van der Waals surface area contributed by atoms with Crippen LogP contribution in [0.3, 0.4) is 0 Å². The molecule has 0 rings (SSSR count). The Labute approximate surface area is 58.0 Å². The normalized spacial score (nSPS) is 8.00. The van der Waals surface area contributed by atoms with E-state index in [1.165, 1.54) is 0 Å². The molecule has 10 heavy (non-hydrogen) atoms. The quantitative estimate of drug-likeness (QED) is 0.169. The molecule has 5 heteroatoms. The van der Waals surface area contributed by atoms with E-state index in [0.29, 0.717) is 6.41 Å². The first-order chi connectivity index (χ1) is 4.81. The number of hydroxylamine groups is 1. The molecule has 0 aliphatic carbocycles. The molecule has 0 saturated carbocycles. The molecule has 0 bridgehead atoms. The van der Waals surface area contributed by atoms with Crippen LogP contribution in [-0.2, 0) is 14.4 Å². The fraction of sp³-hybridized carbons (Fsp3) is 0.200. The van der Waals surface area contributed by atoms with Gasteiger partial charge in [-0.05, 0) is 0 Å². The van der Waals surface area contributed by atoms with Crippen LogP contribution in [0.4, 0.5) is 0 Å². The monoisotopic (exact) mass is 144 g/mol. The van der Waals surface area contributed by atoms with Gasteiger partial charge in [0.15, 0.2) is 0 Å². The van der Waals surface area contributed by atoms with Crippen molar-refractivity contribution in [2.45, 2.75) is 0 Å². The highest BCUT2D eigenvalue weighted by atomic mass is 16.7. The van der Waals surface area contributed by atoms with Gasteiger partial charge in [0.05, 0.1) is 0 Å². The van der Waals surface area contributed by atoms with Crippen LogP contribution in [0.15, 0.2) is 12.7 Å². The molecule has 0 saturated heterocycles. The van der Waals surface area contributed by atoms with Crippen LogP contribution in [0.2, 0.25) is 0 Å². The zero-order chi connectivity index (χ0) is 7.82. The van der Waals surface area contributed by atoms with E-state index in [-0.39, 0.29) is 6.67 Å². The van der Waals surface area contributed by atoms with Crippen LogP contribution in [0.25, 0.3) is 0 Å². The molecule has 0 atom stereocenters. The van der Waals surface area contributed by atoms with Gasteiger partial charge < -0.3 is 10.2 Å². The molecule has 2 N–H and O–H groups in total. The van der Waals surface area contributed by atoms with Gasteiger partial charge in [-0.25, -0.2) is 4.79 Å². The lowest BCUT2D eigenvalue weighted by molar-refractivity contribution is -0.145. The first-order valence-corrected chi connectivity index (χ1v) is 2.54. The van der Waals surface area contributed by atoms with Gasteiger partial charge in [0.25, 0.3) is 0 Å². The highest BCUT2D eigenvalue weighted by molar-refractivity contribution is 5.80. The lowest BCUT2D eigenvalue weighted by Gasteiger charge is -2.00. The van der Waals surface area contributed by atoms with Gasteiger partial charge in [0.2, 0.25) is 6.41 Å². The lowest BCUT2D eigenvalue weighted by atomic mass is 10.7. The van der Waals surface area contributed by atoms with Crippen molar-refractivity contribution in [1.82, 2.24) is 10.8 Å². The molecule has 0 heterocycles. The average molecular weight is 144 g/mol. The SMILES string of the molecule is C=CC(=O)ONCNC=O. The zero-order valence-corrected chi connectivity index (χ0v) is 5.29. The Hall–Kier alpha value is -1.36. The van der Waals surface area contributed by atoms with Gasteiger partial charge >= 0.3 is 5.97 Å². The van der Waals surface area contributed by atoms with E-state index < -0.39 is 5.97 Å². The van der Waals surface area contributed by atoms with E-state index in [0.717, 1.165) is 6.08 Å². The lowest BCUT2D eigenvalue weighted by Crippen LogP contribution is -2.29. The number of carbonyl (C=O) groups excluding carboxylic acids is 2. The number of hydrogen-bond donors (Lipinski definition) is 2. The number of nitrogens with one attached hydrogen (secondary N) is 2. The maximum atomic E-state index is 10.3. The van der Waals surface area contributed by atoms with Crippen LogP contribution in [0.1, 0.15) is 0 Å². The molecule has 0 fully saturated rings. The average Bonchev–Trinajstić information content (AvgIpc) is 1.98. The van der Waals surface area contributed by atoms with Crippen molar-refractivity contribution in [3.8, 4) is 0 Å². The van der Waals surface area contributed by atoms with Gasteiger partial charge in [-0.3, -0.25) is 4.79 Å². The highest BCUT2D eigenvalue weighted by Gasteiger charge is 1.91. The summed E-state index contributed by atoms with van der Waals surface area (Å²) in [4.78, 5) is 24.1. The third-order valence-corrected chi connectivity index (χ3v) is 0.597. The van der Waals surface area contributed by atoms with E-state index in [1.807, 2.05) is 0 Å². The minimum absolute atomic E-state index is 0.0864. The van der Waals surface area contributed by atoms with Crippen molar-refractivity contribution in [3.05, 3.63) is 12.7 Å². The molecule has 0 spiro atoms. The molecule has 0 aromatic heterocycles. The van der Waals surface area contributed by atoms with Crippen LogP contribution in [-0.4, -0.2) is 19.0 Å². The number of amides is 1. The molecule has 0 aromatic carbocycles. The Morgan fingerprint density at radius 2 is 2.40 bits per heavy atom. The van der Waals surface area contributed by atoms with Crippen molar-refractivity contribution in [3.63, 3.8) is 0 Å². The number of hydrogen-bond acceptors (Lipinski definition) is 4. The Bertz CT molecular complexity index is 135. The van der Waals surface area contributed by atoms with E-state index in [4.69, 9.17) is 0 Å². The largest absolute Gasteiger partial charge is 0.365 e. The van der Waals surface area contributed by atoms with Crippen LogP contribution in [0.5, 0.6) is 0 Å². The molecule has 0 aromatic rings. The maximum Gasteiger partial charge on any atom is 0.348 e. The number of carbonyl (C=O) groups is 2. The van der Waals surface area contributed by atoms with Crippen molar-refractivity contribution >= 4 is 12.4 Å². The van der Waals surface area contributed by atoms with Crippen molar-refractivity contribution in [2.24, 2.45) is 0 Å². The summed E-state index contributed by atoms with van der Waals surface area (Å²) >= 11 is 0. The Morgan fingerprint density at radius 1 is 1.70 bits per heavy atom. The third-order valence-electron chi connectivity index (χ3n) is 0.597. The summed E-state index contributed by atoms with van der Waals surface area (Å²) in [6.07, 6.45) is 1.49. The van der Waals surface area contributed by atoms with E-state index in [2.05, 4.69) is 22.2 Å². The smallest absolute Gasteiger partial charge is 0.348 e. The fourth-order valence-electron chi connectivity index (χ4n) is 0.232. The summed E-state index contributed by atoms with van der Waals surface area (Å²) in [7, 11) is 0. The topological polar surface area (TPSA) is 67.4 Å². The number of rotatable bonds is 5. The van der Waals surface area contributed by atoms with Crippen molar-refractivity contribution < 1.29 is 14.4 Å². The van der Waals surface area contributed by atoms with Crippen molar-refractivity contribution in [1.29, 1.82) is 0 Å². The fourth-order valence-corrected chi connectivity index (χ4v) is 0.232. The minimum Gasteiger partial charge on any atom is -0.365 e. The molecule has 0 aliphatic rings. The Kier molecular flexibility index (Phi) is 4.99. The second kappa shape index (κ2) is 5.77. The summed E-state index contributed by atoms with van der Waals surface area (Å²) in [5, 5.41) is 2.22. The van der Waals surface area contributed by atoms with Gasteiger partial charge in [-0.2, -0.15) is 0 Å². The molecule has 0 aliphatic heterocycles. The Balaban J connectivity index is 3.11. The molecule has 0 unspecified atom stereocenters. The van der Waals surface area contributed by atoms with Crippen molar-refractivity contribution in [2.75, 3.05) is 6.67 Å². The van der Waals surface area contributed by atoms with Crippen LogP contribution < -0.4 is 10.8 Å². The standard InChI is InChI=1S/C5H8N2O3/c1-2-5(9)10-7-3-6-4-8/h2,4,7H,1,3H2,(H,6,8). The van der Waals surface area contributed by atoms with Crippen LogP contribution in [0, 0.1) is 0 Å². The molecule has 0 radical (unpaired) electrons. The molecule has 1 amide bonds. The predicted molar refractivity (Wildman–Crippen MR) is 33.5 cm³/mol. The molecule has 56 valence electrons. The first kappa shape index (κ1) is 8.64. The summed E-state index contributed by atoms with van der Waals surface area (Å²) in [6, 6.07) is 0. The zero-order valence-electron chi connectivity index (χ0n) is 5.29. The van der Waals surface area contributed by atoms with Crippen LogP contribution >= 0.6 is 0 Å². The summed E-state index contributed by atoms with van der Waals surface area (Å²) in [5.74, 6) is -0.590. The summed E-state index contributed by atoms with van der Waals surface area (Å²) in [5.41, 5.74) is 2.17. The maximum absolute atomic E-state index is 10.3. The molecular weight excluding hydrogens is 136 g/mol. The van der Waals surface area contributed by atoms with Gasteiger partial charge in [-0.15, -0.1) is 5.48 Å².